The van der Waals surface area contributed by atoms with E-state index in [2.05, 4.69) is 4.98 Å². The molecule has 0 radical (unpaired) electrons. The minimum atomic E-state index is -0.910. The van der Waals surface area contributed by atoms with Crippen molar-refractivity contribution < 1.29 is 19.1 Å². The van der Waals surface area contributed by atoms with Gasteiger partial charge in [0.15, 0.2) is 5.58 Å². The summed E-state index contributed by atoms with van der Waals surface area (Å²) in [4.78, 5) is 15.4. The molecule has 1 heterocycles. The zero-order chi connectivity index (χ0) is 21.1. The molecule has 0 atom stereocenters. The molecule has 5 N–H and O–H groups in total. The van der Waals surface area contributed by atoms with Gasteiger partial charge in [0.1, 0.15) is 17.9 Å². The number of oxazole rings is 1. The van der Waals surface area contributed by atoms with Gasteiger partial charge in [0.25, 0.3) is 6.01 Å². The molecule has 0 aliphatic heterocycles. The van der Waals surface area contributed by atoms with Crippen LogP contribution in [0.1, 0.15) is 16.7 Å². The summed E-state index contributed by atoms with van der Waals surface area (Å²) in [5.74, 6) is -0.376. The largest absolute Gasteiger partial charge is 0.489 e. The van der Waals surface area contributed by atoms with Gasteiger partial charge in [0.2, 0.25) is 0 Å². The Kier molecular flexibility index (Phi) is 5.36. The Bertz CT molecular complexity index is 1220. The van der Waals surface area contributed by atoms with Crippen molar-refractivity contribution in [3.63, 3.8) is 0 Å². The number of carboxylic acid groups (broad SMARTS) is 1. The molecule has 0 bridgehead atoms. The Hall–Kier alpha value is -3.84. The summed E-state index contributed by atoms with van der Waals surface area (Å²) in [6.45, 7) is 0.668. The zero-order valence-electron chi connectivity index (χ0n) is 16.2. The summed E-state index contributed by atoms with van der Waals surface area (Å²) < 4.78 is 11.6. The average Bonchev–Trinajstić information content (AvgIpc) is 3.12. The molecule has 7 nitrogen and oxygen atoms in total. The topological polar surface area (TPSA) is 125 Å². The van der Waals surface area contributed by atoms with E-state index in [0.717, 1.165) is 22.3 Å². The fraction of sp³-hybridized carbons (Fsp3) is 0.130. The third kappa shape index (κ3) is 4.11. The van der Waals surface area contributed by atoms with E-state index in [1.54, 1.807) is 18.2 Å². The number of rotatable bonds is 7. The van der Waals surface area contributed by atoms with Crippen LogP contribution >= 0.6 is 0 Å². The number of carbonyl (C=O) groups is 1. The highest BCUT2D eigenvalue weighted by molar-refractivity contribution is 5.92. The lowest BCUT2D eigenvalue weighted by atomic mass is 10.00. The van der Waals surface area contributed by atoms with Gasteiger partial charge in [-0.3, -0.25) is 4.79 Å². The molecule has 4 aromatic rings. The van der Waals surface area contributed by atoms with Crippen LogP contribution in [0.5, 0.6) is 5.75 Å². The Morgan fingerprint density at radius 3 is 2.70 bits per heavy atom. The number of nitrogen functional groups attached to an aromatic ring is 1. The average molecular weight is 403 g/mol. The van der Waals surface area contributed by atoms with Crippen molar-refractivity contribution in [3.8, 4) is 16.9 Å². The van der Waals surface area contributed by atoms with Crippen LogP contribution in [0.4, 0.5) is 6.01 Å². The standard InChI is InChI=1S/C23H21N3O4/c24-12-14-4-3-6-16(8-14)18-9-15(10-19-22(18)30-23(25)26-19)13-29-20-7-2-1-5-17(20)11-21(27)28/h1-10H,11-13,24H2,(H2,25,26)(H,27,28). The highest BCUT2D eigenvalue weighted by Gasteiger charge is 2.14. The predicted octanol–water partition coefficient (Wildman–Crippen LogP) is 3.74. The van der Waals surface area contributed by atoms with Crippen LogP contribution in [0.3, 0.4) is 0 Å². The van der Waals surface area contributed by atoms with Crippen LogP contribution in [-0.4, -0.2) is 16.1 Å². The summed E-state index contributed by atoms with van der Waals surface area (Å²) in [5, 5.41) is 9.11. The van der Waals surface area contributed by atoms with E-state index in [1.807, 2.05) is 42.5 Å². The van der Waals surface area contributed by atoms with Gasteiger partial charge < -0.3 is 25.7 Å². The molecule has 0 amide bonds. The summed E-state index contributed by atoms with van der Waals surface area (Å²) >= 11 is 0. The monoisotopic (exact) mass is 403 g/mol. The lowest BCUT2D eigenvalue weighted by Gasteiger charge is -2.12. The molecule has 0 unspecified atom stereocenters. The number of nitrogens with two attached hydrogens (primary N) is 2. The van der Waals surface area contributed by atoms with Gasteiger partial charge in [0, 0.05) is 17.7 Å². The Balaban J connectivity index is 1.70. The van der Waals surface area contributed by atoms with Gasteiger partial charge in [-0.15, -0.1) is 0 Å². The van der Waals surface area contributed by atoms with E-state index >= 15 is 0 Å². The smallest absolute Gasteiger partial charge is 0.307 e. The number of aliphatic carboxylic acids is 1. The maximum Gasteiger partial charge on any atom is 0.307 e. The van der Waals surface area contributed by atoms with Crippen molar-refractivity contribution in [3.05, 3.63) is 77.4 Å². The second-order valence-electron chi connectivity index (χ2n) is 6.92. The minimum absolute atomic E-state index is 0.0890. The van der Waals surface area contributed by atoms with Crippen LogP contribution in [0.15, 0.2) is 65.1 Å². The van der Waals surface area contributed by atoms with Crippen molar-refractivity contribution in [2.75, 3.05) is 5.73 Å². The van der Waals surface area contributed by atoms with E-state index < -0.39 is 5.97 Å². The zero-order valence-corrected chi connectivity index (χ0v) is 16.2. The molecule has 0 spiro atoms. The fourth-order valence-electron chi connectivity index (χ4n) is 3.39. The van der Waals surface area contributed by atoms with Gasteiger partial charge in [0.05, 0.1) is 6.42 Å². The van der Waals surface area contributed by atoms with Gasteiger partial charge in [-0.25, -0.2) is 0 Å². The van der Waals surface area contributed by atoms with Crippen LogP contribution in [0.2, 0.25) is 0 Å². The van der Waals surface area contributed by atoms with E-state index in [0.29, 0.717) is 29.0 Å². The molecule has 152 valence electrons. The first-order valence-corrected chi connectivity index (χ1v) is 9.44. The molecular formula is C23H21N3O4. The molecule has 0 aliphatic carbocycles. The van der Waals surface area contributed by atoms with E-state index in [9.17, 15) is 4.79 Å². The first kappa shape index (κ1) is 19.5. The van der Waals surface area contributed by atoms with Crippen molar-refractivity contribution in [1.29, 1.82) is 0 Å². The molecule has 0 saturated heterocycles. The number of nitrogens with zero attached hydrogens (tertiary/aromatic N) is 1. The van der Waals surface area contributed by atoms with E-state index in [-0.39, 0.29) is 19.0 Å². The number of fused-ring (bicyclic) bond motifs is 1. The SMILES string of the molecule is NCc1cccc(-c2cc(COc3ccccc3CC(=O)O)cc3nc(N)oc23)c1. The molecule has 30 heavy (non-hydrogen) atoms. The predicted molar refractivity (Wildman–Crippen MR) is 114 cm³/mol. The summed E-state index contributed by atoms with van der Waals surface area (Å²) in [5.41, 5.74) is 17.0. The second-order valence-corrected chi connectivity index (χ2v) is 6.92. The maximum absolute atomic E-state index is 11.1. The molecular weight excluding hydrogens is 382 g/mol. The molecule has 0 fully saturated rings. The first-order chi connectivity index (χ1) is 14.5. The highest BCUT2D eigenvalue weighted by atomic mass is 16.5. The molecule has 1 aromatic heterocycles. The number of anilines is 1. The maximum atomic E-state index is 11.1. The molecule has 7 heteroatoms. The molecule has 0 aliphatic rings. The van der Waals surface area contributed by atoms with Crippen molar-refractivity contribution >= 4 is 23.1 Å². The van der Waals surface area contributed by atoms with Crippen molar-refractivity contribution in [2.24, 2.45) is 5.73 Å². The molecule has 0 saturated carbocycles. The van der Waals surface area contributed by atoms with E-state index in [4.69, 9.17) is 25.7 Å². The Morgan fingerprint density at radius 2 is 1.90 bits per heavy atom. The first-order valence-electron chi connectivity index (χ1n) is 9.44. The number of hydrogen-bond acceptors (Lipinski definition) is 6. The van der Waals surface area contributed by atoms with Gasteiger partial charge >= 0.3 is 5.97 Å². The number of benzene rings is 3. The van der Waals surface area contributed by atoms with E-state index in [1.165, 1.54) is 0 Å². The number of aromatic nitrogens is 1. The summed E-state index contributed by atoms with van der Waals surface area (Å²) in [6.07, 6.45) is -0.105. The highest BCUT2D eigenvalue weighted by Crippen LogP contribution is 2.32. The number of ether oxygens (including phenoxy) is 1. The Labute approximate surface area is 172 Å². The second kappa shape index (κ2) is 8.26. The number of hydrogen-bond donors (Lipinski definition) is 3. The van der Waals surface area contributed by atoms with Gasteiger partial charge in [-0.1, -0.05) is 36.4 Å². The Morgan fingerprint density at radius 1 is 1.07 bits per heavy atom. The minimum Gasteiger partial charge on any atom is -0.489 e. The van der Waals surface area contributed by atoms with Gasteiger partial charge in [-0.05, 0) is 41.0 Å². The number of para-hydroxylation sites is 1. The quantitative estimate of drug-likeness (QED) is 0.429. The summed E-state index contributed by atoms with van der Waals surface area (Å²) in [7, 11) is 0. The lowest BCUT2D eigenvalue weighted by molar-refractivity contribution is -0.136. The fourth-order valence-corrected chi connectivity index (χ4v) is 3.39. The van der Waals surface area contributed by atoms with Crippen molar-refractivity contribution in [1.82, 2.24) is 4.98 Å². The normalized spacial score (nSPS) is 11.0. The molecule has 3 aromatic carbocycles. The molecule has 4 rings (SSSR count). The van der Waals surface area contributed by atoms with Crippen molar-refractivity contribution in [2.45, 2.75) is 19.6 Å². The van der Waals surface area contributed by atoms with Crippen LogP contribution < -0.4 is 16.2 Å². The van der Waals surface area contributed by atoms with Gasteiger partial charge in [-0.2, -0.15) is 4.98 Å². The van der Waals surface area contributed by atoms with Crippen LogP contribution in [-0.2, 0) is 24.4 Å². The van der Waals surface area contributed by atoms with Crippen LogP contribution in [0.25, 0.3) is 22.2 Å². The lowest BCUT2D eigenvalue weighted by Crippen LogP contribution is -2.04. The van der Waals surface area contributed by atoms with Crippen LogP contribution in [0, 0.1) is 0 Å². The third-order valence-electron chi connectivity index (χ3n) is 4.75. The number of carboxylic acids is 1. The summed E-state index contributed by atoms with van der Waals surface area (Å²) in [6, 6.07) is 18.9. The third-order valence-corrected chi connectivity index (χ3v) is 4.75.